The van der Waals surface area contributed by atoms with E-state index in [1.165, 1.54) is 0 Å². The Hall–Kier alpha value is -2.41. The highest BCUT2D eigenvalue weighted by atomic mass is 16.5. The molecule has 2 aromatic carbocycles. The highest BCUT2D eigenvalue weighted by Gasteiger charge is 2.25. The third-order valence-corrected chi connectivity index (χ3v) is 4.36. The number of aliphatic hydroxyl groups excluding tert-OH is 2. The lowest BCUT2D eigenvalue weighted by molar-refractivity contribution is 0.00201. The van der Waals surface area contributed by atoms with Crippen molar-refractivity contribution in [2.75, 3.05) is 13.2 Å². The molecule has 1 amide bonds. The van der Waals surface area contributed by atoms with E-state index in [2.05, 4.69) is 0 Å². The highest BCUT2D eigenvalue weighted by Crippen LogP contribution is 2.20. The fourth-order valence-corrected chi connectivity index (χ4v) is 2.87. The van der Waals surface area contributed by atoms with E-state index in [1.807, 2.05) is 48.5 Å². The van der Waals surface area contributed by atoms with Crippen LogP contribution in [0.5, 0.6) is 0 Å². The van der Waals surface area contributed by atoms with Gasteiger partial charge in [0.15, 0.2) is 0 Å². The molecular weight excluding hydrogens is 346 g/mol. The summed E-state index contributed by atoms with van der Waals surface area (Å²) in [5.74, 6) is 0. The summed E-state index contributed by atoms with van der Waals surface area (Å²) in [7, 11) is 0. The Morgan fingerprint density at radius 3 is 2.22 bits per heavy atom. The maximum Gasteiger partial charge on any atom is 0.407 e. The summed E-state index contributed by atoms with van der Waals surface area (Å²) in [5, 5.41) is 29.9. The van der Waals surface area contributed by atoms with Crippen molar-refractivity contribution in [1.29, 1.82) is 0 Å². The molecule has 3 atom stereocenters. The molecule has 0 aliphatic rings. The van der Waals surface area contributed by atoms with Gasteiger partial charge in [-0.05, 0) is 24.5 Å². The second kappa shape index (κ2) is 10.7. The van der Waals surface area contributed by atoms with Crippen LogP contribution in [0.4, 0.5) is 4.79 Å². The van der Waals surface area contributed by atoms with Crippen LogP contribution in [-0.4, -0.2) is 51.6 Å². The van der Waals surface area contributed by atoms with E-state index in [-0.39, 0.29) is 19.6 Å². The fourth-order valence-electron chi connectivity index (χ4n) is 2.87. The Morgan fingerprint density at radius 2 is 1.63 bits per heavy atom. The molecule has 0 bridgehead atoms. The summed E-state index contributed by atoms with van der Waals surface area (Å²) in [6.45, 7) is 2.03. The lowest BCUT2D eigenvalue weighted by Gasteiger charge is -2.30. The van der Waals surface area contributed by atoms with Crippen molar-refractivity contribution in [3.63, 3.8) is 0 Å². The van der Waals surface area contributed by atoms with Crippen molar-refractivity contribution in [2.24, 2.45) is 0 Å². The van der Waals surface area contributed by atoms with Crippen molar-refractivity contribution in [1.82, 2.24) is 4.90 Å². The Bertz CT molecular complexity index is 679. The van der Waals surface area contributed by atoms with Crippen molar-refractivity contribution in [3.8, 4) is 0 Å². The standard InChI is InChI=1S/C21H27NO5/c1-16(12-20(24)18-10-6-3-7-11-18)22(21(25)26)13-19(23)15-27-14-17-8-4-2-5-9-17/h2-11,16,19-20,23-24H,12-15H2,1H3,(H,25,26). The van der Waals surface area contributed by atoms with Gasteiger partial charge in [0, 0.05) is 6.04 Å². The van der Waals surface area contributed by atoms with Gasteiger partial charge in [0.2, 0.25) is 0 Å². The fraction of sp³-hybridized carbons (Fsp3) is 0.381. The molecule has 0 aliphatic carbocycles. The van der Waals surface area contributed by atoms with Gasteiger partial charge < -0.3 is 25.0 Å². The number of carboxylic acid groups (broad SMARTS) is 1. The van der Waals surface area contributed by atoms with E-state index >= 15 is 0 Å². The molecule has 146 valence electrons. The number of ether oxygens (including phenoxy) is 1. The molecule has 2 rings (SSSR count). The molecule has 0 aromatic heterocycles. The minimum Gasteiger partial charge on any atom is -0.465 e. The smallest absolute Gasteiger partial charge is 0.407 e. The molecule has 0 fully saturated rings. The minimum atomic E-state index is -1.13. The maximum absolute atomic E-state index is 11.6. The third kappa shape index (κ3) is 7.02. The first-order valence-electron chi connectivity index (χ1n) is 8.99. The van der Waals surface area contributed by atoms with Crippen LogP contribution in [0.3, 0.4) is 0 Å². The van der Waals surface area contributed by atoms with Crippen LogP contribution < -0.4 is 0 Å². The largest absolute Gasteiger partial charge is 0.465 e. The van der Waals surface area contributed by atoms with Crippen LogP contribution in [0.15, 0.2) is 60.7 Å². The number of amides is 1. The second-order valence-corrected chi connectivity index (χ2v) is 6.60. The number of carbonyl (C=O) groups is 1. The van der Waals surface area contributed by atoms with Crippen molar-refractivity contribution in [3.05, 3.63) is 71.8 Å². The van der Waals surface area contributed by atoms with Crippen molar-refractivity contribution in [2.45, 2.75) is 38.2 Å². The lowest BCUT2D eigenvalue weighted by atomic mass is 10.0. The molecule has 27 heavy (non-hydrogen) atoms. The van der Waals surface area contributed by atoms with Gasteiger partial charge in [0.05, 0.1) is 32.0 Å². The molecule has 0 saturated heterocycles. The number of nitrogens with zero attached hydrogens (tertiary/aromatic N) is 1. The zero-order valence-corrected chi connectivity index (χ0v) is 15.4. The van der Waals surface area contributed by atoms with E-state index < -0.39 is 24.3 Å². The van der Waals surface area contributed by atoms with Gasteiger partial charge in [-0.2, -0.15) is 0 Å². The van der Waals surface area contributed by atoms with Gasteiger partial charge in [-0.25, -0.2) is 4.79 Å². The highest BCUT2D eigenvalue weighted by molar-refractivity contribution is 5.65. The van der Waals surface area contributed by atoms with Crippen molar-refractivity contribution >= 4 is 6.09 Å². The van der Waals surface area contributed by atoms with Crippen LogP contribution in [0, 0.1) is 0 Å². The minimum absolute atomic E-state index is 0.0344. The van der Waals surface area contributed by atoms with Gasteiger partial charge >= 0.3 is 6.09 Å². The van der Waals surface area contributed by atoms with E-state index in [0.29, 0.717) is 6.61 Å². The Balaban J connectivity index is 1.83. The lowest BCUT2D eigenvalue weighted by Crippen LogP contribution is -2.44. The number of hydrogen-bond acceptors (Lipinski definition) is 4. The molecule has 0 aliphatic heterocycles. The van der Waals surface area contributed by atoms with Crippen LogP contribution >= 0.6 is 0 Å². The van der Waals surface area contributed by atoms with E-state index in [0.717, 1.165) is 16.0 Å². The number of rotatable bonds is 10. The first kappa shape index (κ1) is 20.9. The molecule has 6 heteroatoms. The molecule has 6 nitrogen and oxygen atoms in total. The average molecular weight is 373 g/mol. The molecule has 0 radical (unpaired) electrons. The molecule has 0 heterocycles. The summed E-state index contributed by atoms with van der Waals surface area (Å²) in [4.78, 5) is 12.7. The molecule has 0 saturated carbocycles. The van der Waals surface area contributed by atoms with E-state index in [9.17, 15) is 20.1 Å². The van der Waals surface area contributed by atoms with Gasteiger partial charge in [-0.1, -0.05) is 60.7 Å². The summed E-state index contributed by atoms with van der Waals surface area (Å²) < 4.78 is 5.47. The van der Waals surface area contributed by atoms with Crippen LogP contribution in [0.25, 0.3) is 0 Å². The van der Waals surface area contributed by atoms with Gasteiger partial charge in [0.1, 0.15) is 0 Å². The molecule has 3 unspecified atom stereocenters. The molecule has 2 aromatic rings. The van der Waals surface area contributed by atoms with Crippen LogP contribution in [0.2, 0.25) is 0 Å². The zero-order chi connectivity index (χ0) is 19.6. The number of hydrogen-bond donors (Lipinski definition) is 3. The maximum atomic E-state index is 11.6. The van der Waals surface area contributed by atoms with Gasteiger partial charge in [-0.15, -0.1) is 0 Å². The zero-order valence-electron chi connectivity index (χ0n) is 15.4. The van der Waals surface area contributed by atoms with Gasteiger partial charge in [0.25, 0.3) is 0 Å². The predicted molar refractivity (Wildman–Crippen MR) is 102 cm³/mol. The second-order valence-electron chi connectivity index (χ2n) is 6.60. The summed E-state index contributed by atoms with van der Waals surface area (Å²) in [6, 6.07) is 18.2. The Kier molecular flexibility index (Phi) is 8.26. The molecular formula is C21H27NO5. The number of aliphatic hydroxyl groups is 2. The molecule has 0 spiro atoms. The normalized spacial score (nSPS) is 14.3. The topological polar surface area (TPSA) is 90.2 Å². The first-order chi connectivity index (χ1) is 13.0. The van der Waals surface area contributed by atoms with Crippen LogP contribution in [0.1, 0.15) is 30.6 Å². The van der Waals surface area contributed by atoms with Gasteiger partial charge in [-0.3, -0.25) is 0 Å². The summed E-state index contributed by atoms with van der Waals surface area (Å²) >= 11 is 0. The predicted octanol–water partition coefficient (Wildman–Crippen LogP) is 3.06. The number of benzene rings is 2. The quantitative estimate of drug-likeness (QED) is 0.595. The van der Waals surface area contributed by atoms with E-state index in [4.69, 9.17) is 4.74 Å². The van der Waals surface area contributed by atoms with Crippen LogP contribution in [-0.2, 0) is 11.3 Å². The summed E-state index contributed by atoms with van der Waals surface area (Å²) in [6.07, 6.45) is -2.60. The third-order valence-electron chi connectivity index (χ3n) is 4.36. The average Bonchev–Trinajstić information content (AvgIpc) is 2.67. The van der Waals surface area contributed by atoms with E-state index in [1.54, 1.807) is 19.1 Å². The van der Waals surface area contributed by atoms with Crippen molar-refractivity contribution < 1.29 is 24.9 Å². The Labute approximate surface area is 159 Å². The SMILES string of the molecule is CC(CC(O)c1ccccc1)N(CC(O)COCc1ccccc1)C(=O)O. The Morgan fingerprint density at radius 1 is 1.04 bits per heavy atom. The summed E-state index contributed by atoms with van der Waals surface area (Å²) in [5.41, 5.74) is 1.72. The monoisotopic (exact) mass is 373 g/mol. The first-order valence-corrected chi connectivity index (χ1v) is 8.99. The molecule has 3 N–H and O–H groups in total.